The molecule has 0 amide bonds. The minimum atomic E-state index is -0.0627. The molecule has 22 heavy (non-hydrogen) atoms. The van der Waals surface area contributed by atoms with Crippen molar-refractivity contribution in [1.29, 1.82) is 0 Å². The van der Waals surface area contributed by atoms with E-state index in [0.717, 1.165) is 49.6 Å². The number of methoxy groups -OCH3 is 2. The summed E-state index contributed by atoms with van der Waals surface area (Å²) in [5.74, 6) is 2.42. The second-order valence-corrected chi connectivity index (χ2v) is 6.46. The van der Waals surface area contributed by atoms with Crippen molar-refractivity contribution in [2.45, 2.75) is 30.9 Å². The third-order valence-corrected chi connectivity index (χ3v) is 4.90. The standard InChI is InChI=1S/C17H26N2O3/c1-19(2)13-11-17(5-7-18-8-6-17)22-14-10-16(21-4)15(20-3)9-12(13)14/h9-10,13,18H,5-8,11H2,1-4H3. The zero-order valence-corrected chi connectivity index (χ0v) is 13.9. The van der Waals surface area contributed by atoms with Gasteiger partial charge in [0.25, 0.3) is 0 Å². The highest BCUT2D eigenvalue weighted by Crippen LogP contribution is 2.48. The predicted octanol–water partition coefficient (Wildman–Crippen LogP) is 2.21. The lowest BCUT2D eigenvalue weighted by molar-refractivity contribution is -0.0121. The van der Waals surface area contributed by atoms with Crippen LogP contribution in [0.25, 0.3) is 0 Å². The smallest absolute Gasteiger partial charge is 0.164 e. The summed E-state index contributed by atoms with van der Waals surface area (Å²) in [7, 11) is 7.60. The van der Waals surface area contributed by atoms with E-state index in [4.69, 9.17) is 14.2 Å². The molecule has 3 rings (SSSR count). The topological polar surface area (TPSA) is 43.0 Å². The van der Waals surface area contributed by atoms with Crippen molar-refractivity contribution in [2.75, 3.05) is 41.4 Å². The molecule has 0 aromatic heterocycles. The first-order valence-electron chi connectivity index (χ1n) is 7.91. The second kappa shape index (κ2) is 5.97. The van der Waals surface area contributed by atoms with Crippen LogP contribution in [0.2, 0.25) is 0 Å². The minimum absolute atomic E-state index is 0.0627. The minimum Gasteiger partial charge on any atom is -0.493 e. The number of hydrogen-bond acceptors (Lipinski definition) is 5. The van der Waals surface area contributed by atoms with Crippen molar-refractivity contribution < 1.29 is 14.2 Å². The van der Waals surface area contributed by atoms with Gasteiger partial charge in [0.1, 0.15) is 11.4 Å². The van der Waals surface area contributed by atoms with E-state index in [0.29, 0.717) is 6.04 Å². The van der Waals surface area contributed by atoms with Crippen LogP contribution in [-0.4, -0.2) is 51.9 Å². The highest BCUT2D eigenvalue weighted by molar-refractivity contribution is 5.53. The molecule has 1 unspecified atom stereocenters. The fourth-order valence-electron chi connectivity index (χ4n) is 3.61. The van der Waals surface area contributed by atoms with E-state index in [2.05, 4.69) is 30.4 Å². The van der Waals surface area contributed by atoms with Crippen molar-refractivity contribution >= 4 is 0 Å². The Hall–Kier alpha value is -1.46. The van der Waals surface area contributed by atoms with E-state index in [9.17, 15) is 0 Å². The largest absolute Gasteiger partial charge is 0.493 e. The summed E-state index contributed by atoms with van der Waals surface area (Å²) in [5.41, 5.74) is 1.12. The van der Waals surface area contributed by atoms with E-state index in [-0.39, 0.29) is 5.60 Å². The summed E-state index contributed by atoms with van der Waals surface area (Å²) in [4.78, 5) is 2.27. The van der Waals surface area contributed by atoms with Crippen LogP contribution < -0.4 is 19.5 Å². The molecule has 1 fully saturated rings. The second-order valence-electron chi connectivity index (χ2n) is 6.46. The van der Waals surface area contributed by atoms with Crippen LogP contribution in [0.1, 0.15) is 30.9 Å². The predicted molar refractivity (Wildman–Crippen MR) is 86.1 cm³/mol. The van der Waals surface area contributed by atoms with Gasteiger partial charge < -0.3 is 24.4 Å². The average Bonchev–Trinajstić information content (AvgIpc) is 2.53. The van der Waals surface area contributed by atoms with Crippen LogP contribution in [-0.2, 0) is 0 Å². The molecule has 0 aliphatic carbocycles. The van der Waals surface area contributed by atoms with Gasteiger partial charge in [0.05, 0.1) is 14.2 Å². The molecule has 1 N–H and O–H groups in total. The maximum absolute atomic E-state index is 6.48. The Kier molecular flexibility index (Phi) is 4.19. The van der Waals surface area contributed by atoms with Gasteiger partial charge in [0, 0.05) is 24.1 Å². The molecule has 1 atom stereocenters. The first-order chi connectivity index (χ1) is 10.6. The van der Waals surface area contributed by atoms with E-state index < -0.39 is 0 Å². The number of piperidine rings is 1. The summed E-state index contributed by atoms with van der Waals surface area (Å²) in [6, 6.07) is 4.38. The average molecular weight is 306 g/mol. The van der Waals surface area contributed by atoms with Crippen molar-refractivity contribution in [2.24, 2.45) is 0 Å². The van der Waals surface area contributed by atoms with Crippen LogP contribution in [0, 0.1) is 0 Å². The molecule has 2 aliphatic heterocycles. The summed E-state index contributed by atoms with van der Waals surface area (Å²) in [6.45, 7) is 2.03. The van der Waals surface area contributed by atoms with Crippen LogP contribution in [0.5, 0.6) is 17.2 Å². The first kappa shape index (κ1) is 15.4. The van der Waals surface area contributed by atoms with Gasteiger partial charge in [-0.2, -0.15) is 0 Å². The molecule has 1 saturated heterocycles. The lowest BCUT2D eigenvalue weighted by Gasteiger charge is -2.46. The Bertz CT molecular complexity index is 539. The molecule has 0 saturated carbocycles. The van der Waals surface area contributed by atoms with E-state index >= 15 is 0 Å². The highest BCUT2D eigenvalue weighted by atomic mass is 16.5. The molecule has 0 radical (unpaired) electrons. The maximum atomic E-state index is 6.48. The fourth-order valence-corrected chi connectivity index (χ4v) is 3.61. The Balaban J connectivity index is 2.04. The summed E-state index contributed by atoms with van der Waals surface area (Å²) in [5, 5.41) is 3.43. The van der Waals surface area contributed by atoms with E-state index in [1.807, 2.05) is 6.07 Å². The van der Waals surface area contributed by atoms with E-state index in [1.54, 1.807) is 14.2 Å². The normalized spacial score (nSPS) is 23.0. The lowest BCUT2D eigenvalue weighted by atomic mass is 9.80. The summed E-state index contributed by atoms with van der Waals surface area (Å²) in [6.07, 6.45) is 3.11. The monoisotopic (exact) mass is 306 g/mol. The molecule has 122 valence electrons. The molecule has 5 heteroatoms. The lowest BCUT2D eigenvalue weighted by Crippen LogP contribution is -2.50. The molecule has 2 aliphatic rings. The van der Waals surface area contributed by atoms with Crippen LogP contribution in [0.4, 0.5) is 0 Å². The molecule has 2 heterocycles. The number of rotatable bonds is 3. The van der Waals surface area contributed by atoms with Gasteiger partial charge in [-0.05, 0) is 46.1 Å². The van der Waals surface area contributed by atoms with Gasteiger partial charge in [-0.1, -0.05) is 0 Å². The zero-order valence-electron chi connectivity index (χ0n) is 13.9. The number of nitrogens with one attached hydrogen (secondary N) is 1. The van der Waals surface area contributed by atoms with Crippen molar-refractivity contribution in [3.05, 3.63) is 17.7 Å². The van der Waals surface area contributed by atoms with Gasteiger partial charge in [0.2, 0.25) is 0 Å². The Morgan fingerprint density at radius 1 is 1.14 bits per heavy atom. The summed E-state index contributed by atoms with van der Waals surface area (Å²) < 4.78 is 17.4. The molecule has 1 aromatic carbocycles. The van der Waals surface area contributed by atoms with Gasteiger partial charge in [0.15, 0.2) is 11.5 Å². The molecule has 0 bridgehead atoms. The number of hydrogen-bond donors (Lipinski definition) is 1. The first-order valence-corrected chi connectivity index (χ1v) is 7.91. The van der Waals surface area contributed by atoms with Crippen LogP contribution in [0.15, 0.2) is 12.1 Å². The molecule has 5 nitrogen and oxygen atoms in total. The van der Waals surface area contributed by atoms with Gasteiger partial charge >= 0.3 is 0 Å². The highest BCUT2D eigenvalue weighted by Gasteiger charge is 2.43. The molecular weight excluding hydrogens is 280 g/mol. The number of fused-ring (bicyclic) bond motifs is 1. The van der Waals surface area contributed by atoms with E-state index in [1.165, 1.54) is 5.56 Å². The fraction of sp³-hybridized carbons (Fsp3) is 0.647. The van der Waals surface area contributed by atoms with Crippen LogP contribution >= 0.6 is 0 Å². The third kappa shape index (κ3) is 2.63. The Labute approximate surface area is 132 Å². The number of benzene rings is 1. The SMILES string of the molecule is COc1cc2c(cc1OC)C(N(C)C)CC1(CCNCC1)O2. The molecule has 1 spiro atoms. The molecular formula is C17H26N2O3. The van der Waals surface area contributed by atoms with Gasteiger partial charge in [-0.3, -0.25) is 0 Å². The van der Waals surface area contributed by atoms with Gasteiger partial charge in [-0.25, -0.2) is 0 Å². The molecule has 1 aromatic rings. The van der Waals surface area contributed by atoms with Crippen LogP contribution in [0.3, 0.4) is 0 Å². The van der Waals surface area contributed by atoms with Crippen molar-refractivity contribution in [3.63, 3.8) is 0 Å². The van der Waals surface area contributed by atoms with Crippen molar-refractivity contribution in [1.82, 2.24) is 10.2 Å². The van der Waals surface area contributed by atoms with Crippen molar-refractivity contribution in [3.8, 4) is 17.2 Å². The third-order valence-electron chi connectivity index (χ3n) is 4.90. The maximum Gasteiger partial charge on any atom is 0.164 e. The Morgan fingerprint density at radius 3 is 2.36 bits per heavy atom. The quantitative estimate of drug-likeness (QED) is 0.927. The Morgan fingerprint density at radius 2 is 1.77 bits per heavy atom. The number of ether oxygens (including phenoxy) is 3. The zero-order chi connectivity index (χ0) is 15.7. The number of nitrogens with zero attached hydrogens (tertiary/aromatic N) is 1. The van der Waals surface area contributed by atoms with Gasteiger partial charge in [-0.15, -0.1) is 0 Å². The summed E-state index contributed by atoms with van der Waals surface area (Å²) >= 11 is 0.